The summed E-state index contributed by atoms with van der Waals surface area (Å²) in [6, 6.07) is 2.13. The zero-order valence-electron chi connectivity index (χ0n) is 17.7. The summed E-state index contributed by atoms with van der Waals surface area (Å²) in [6.07, 6.45) is 7.30. The van der Waals surface area contributed by atoms with Crippen molar-refractivity contribution in [2.24, 2.45) is 0 Å². The quantitative estimate of drug-likeness (QED) is 0.782. The predicted molar refractivity (Wildman–Crippen MR) is 113 cm³/mol. The highest BCUT2D eigenvalue weighted by molar-refractivity contribution is 7.86. The van der Waals surface area contributed by atoms with Gasteiger partial charge in [-0.05, 0) is 25.7 Å². The Labute approximate surface area is 176 Å². The van der Waals surface area contributed by atoms with Crippen LogP contribution in [0.4, 0.5) is 0 Å². The summed E-state index contributed by atoms with van der Waals surface area (Å²) in [5, 5.41) is 3.18. The van der Waals surface area contributed by atoms with Gasteiger partial charge in [0.25, 0.3) is 15.8 Å². The average molecular weight is 435 g/mol. The van der Waals surface area contributed by atoms with E-state index in [4.69, 9.17) is 4.98 Å². The second kappa shape index (κ2) is 7.44. The monoisotopic (exact) mass is 434 g/mol. The molecule has 2 fully saturated rings. The number of hydrogen-bond acceptors (Lipinski definition) is 5. The first-order valence-electron chi connectivity index (χ1n) is 10.9. The molecule has 1 aliphatic carbocycles. The Kier molecular flexibility index (Phi) is 5.00. The largest absolute Gasteiger partial charge is 0.295 e. The summed E-state index contributed by atoms with van der Waals surface area (Å²) in [6.45, 7) is 2.10. The van der Waals surface area contributed by atoms with E-state index < -0.39 is 10.2 Å². The standard InChI is InChI=1S/C20H30N6O3S/c1-23(2)30(28,29)25-10-5-8-18(25)17-12-19-21-16-9-11-24(14-6-3-4-7-14)13-15(16)20(27)26(19)22-17/h12,14,18,22H,3-11,13H2,1-2H3/t18-/m1/s1. The van der Waals surface area contributed by atoms with Gasteiger partial charge in [0.1, 0.15) is 0 Å². The number of hydrogen-bond donors (Lipinski definition) is 1. The molecule has 10 heteroatoms. The molecule has 1 atom stereocenters. The molecule has 0 bridgehead atoms. The lowest BCUT2D eigenvalue weighted by Gasteiger charge is -2.32. The molecule has 2 aromatic rings. The van der Waals surface area contributed by atoms with Gasteiger partial charge in [-0.3, -0.25) is 14.8 Å². The van der Waals surface area contributed by atoms with Crippen molar-refractivity contribution in [3.05, 3.63) is 33.4 Å². The molecule has 30 heavy (non-hydrogen) atoms. The molecule has 1 saturated carbocycles. The molecule has 0 spiro atoms. The highest BCUT2D eigenvalue weighted by atomic mass is 32.2. The lowest BCUT2D eigenvalue weighted by molar-refractivity contribution is 0.178. The van der Waals surface area contributed by atoms with Gasteiger partial charge >= 0.3 is 0 Å². The van der Waals surface area contributed by atoms with Crippen LogP contribution in [0.1, 0.15) is 61.5 Å². The maximum Gasteiger partial charge on any atom is 0.282 e. The van der Waals surface area contributed by atoms with E-state index in [0.29, 0.717) is 24.8 Å². The third-order valence-corrected chi connectivity index (χ3v) is 8.92. The molecule has 9 nitrogen and oxygen atoms in total. The molecule has 0 radical (unpaired) electrons. The van der Waals surface area contributed by atoms with Crippen LogP contribution < -0.4 is 5.56 Å². The van der Waals surface area contributed by atoms with E-state index in [1.165, 1.54) is 38.8 Å². The van der Waals surface area contributed by atoms with Crippen molar-refractivity contribution >= 4 is 15.9 Å². The smallest absolute Gasteiger partial charge is 0.282 e. The highest BCUT2D eigenvalue weighted by Crippen LogP contribution is 2.34. The Bertz CT molecular complexity index is 1120. The molecular weight excluding hydrogens is 404 g/mol. The fraction of sp³-hybridized carbons (Fsp3) is 0.700. The van der Waals surface area contributed by atoms with Crippen molar-refractivity contribution in [2.45, 2.75) is 63.6 Å². The van der Waals surface area contributed by atoms with Crippen LogP contribution in [0.25, 0.3) is 5.65 Å². The van der Waals surface area contributed by atoms with Gasteiger partial charge in [-0.15, -0.1) is 0 Å². The number of nitrogens with one attached hydrogen (secondary N) is 1. The van der Waals surface area contributed by atoms with Gasteiger partial charge in [-0.25, -0.2) is 9.50 Å². The van der Waals surface area contributed by atoms with Crippen LogP contribution in [-0.2, 0) is 23.2 Å². The molecule has 1 N–H and O–H groups in total. The fourth-order valence-electron chi connectivity index (χ4n) is 5.31. The van der Waals surface area contributed by atoms with E-state index >= 15 is 0 Å². The minimum absolute atomic E-state index is 0.0519. The normalized spacial score (nSPS) is 24.3. The number of fused-ring (bicyclic) bond motifs is 2. The van der Waals surface area contributed by atoms with Crippen LogP contribution >= 0.6 is 0 Å². The lowest BCUT2D eigenvalue weighted by atomic mass is 10.0. The summed E-state index contributed by atoms with van der Waals surface area (Å²) >= 11 is 0. The molecule has 2 aromatic heterocycles. The van der Waals surface area contributed by atoms with Crippen LogP contribution in [0.15, 0.2) is 10.9 Å². The Morgan fingerprint density at radius 3 is 2.63 bits per heavy atom. The van der Waals surface area contributed by atoms with E-state index in [-0.39, 0.29) is 11.6 Å². The van der Waals surface area contributed by atoms with Crippen molar-refractivity contribution in [1.82, 2.24) is 28.1 Å². The van der Waals surface area contributed by atoms with E-state index in [1.54, 1.807) is 14.1 Å². The second-order valence-corrected chi connectivity index (χ2v) is 11.1. The minimum atomic E-state index is -3.52. The summed E-state index contributed by atoms with van der Waals surface area (Å²) in [5.74, 6) is 0. The van der Waals surface area contributed by atoms with Crippen LogP contribution in [0.2, 0.25) is 0 Å². The molecular formula is C20H30N6O3S. The minimum Gasteiger partial charge on any atom is -0.295 e. The van der Waals surface area contributed by atoms with Crippen molar-refractivity contribution in [3.8, 4) is 0 Å². The maximum absolute atomic E-state index is 13.3. The Hall–Kier alpha value is -1.75. The molecule has 2 aliphatic heterocycles. The number of aromatic amines is 1. The predicted octanol–water partition coefficient (Wildman–Crippen LogP) is 1.27. The second-order valence-electron chi connectivity index (χ2n) is 8.96. The zero-order chi connectivity index (χ0) is 21.0. The van der Waals surface area contributed by atoms with Crippen LogP contribution in [-0.4, -0.2) is 69.8 Å². The van der Waals surface area contributed by atoms with E-state index in [9.17, 15) is 13.2 Å². The number of nitrogens with zero attached hydrogens (tertiary/aromatic N) is 5. The van der Waals surface area contributed by atoms with Gasteiger partial charge in [-0.1, -0.05) is 12.8 Å². The van der Waals surface area contributed by atoms with Gasteiger partial charge in [0.15, 0.2) is 5.65 Å². The summed E-state index contributed by atoms with van der Waals surface area (Å²) in [5.41, 5.74) is 2.94. The van der Waals surface area contributed by atoms with Crippen LogP contribution in [0, 0.1) is 0 Å². The third-order valence-electron chi connectivity index (χ3n) is 6.97. The summed E-state index contributed by atoms with van der Waals surface area (Å²) in [7, 11) is -0.426. The van der Waals surface area contributed by atoms with Crippen LogP contribution in [0.5, 0.6) is 0 Å². The molecule has 1 saturated heterocycles. The Morgan fingerprint density at radius 2 is 1.90 bits per heavy atom. The summed E-state index contributed by atoms with van der Waals surface area (Å²) in [4.78, 5) is 20.5. The molecule has 164 valence electrons. The molecule has 5 rings (SSSR count). The number of H-pyrrole nitrogens is 1. The first-order chi connectivity index (χ1) is 14.4. The summed E-state index contributed by atoms with van der Waals surface area (Å²) < 4.78 is 29.7. The van der Waals surface area contributed by atoms with Gasteiger partial charge < -0.3 is 0 Å². The Morgan fingerprint density at radius 1 is 1.13 bits per heavy atom. The van der Waals surface area contributed by atoms with E-state index in [1.807, 2.05) is 6.07 Å². The fourth-order valence-corrected chi connectivity index (χ4v) is 6.63. The first-order valence-corrected chi connectivity index (χ1v) is 12.3. The van der Waals surface area contributed by atoms with Crippen molar-refractivity contribution in [1.29, 1.82) is 0 Å². The van der Waals surface area contributed by atoms with E-state index in [2.05, 4.69) is 10.00 Å². The maximum atomic E-state index is 13.3. The topological polar surface area (TPSA) is 94.0 Å². The molecule has 4 heterocycles. The van der Waals surface area contributed by atoms with Crippen LogP contribution in [0.3, 0.4) is 0 Å². The Balaban J connectivity index is 1.50. The highest BCUT2D eigenvalue weighted by Gasteiger charge is 2.38. The first kappa shape index (κ1) is 20.2. The average Bonchev–Trinajstić information content (AvgIpc) is 3.47. The number of aromatic nitrogens is 3. The van der Waals surface area contributed by atoms with Gasteiger partial charge in [0, 0.05) is 52.3 Å². The zero-order valence-corrected chi connectivity index (χ0v) is 18.5. The SMILES string of the molecule is CN(C)S(=O)(=O)N1CCC[C@@H]1c1cc2nc3c(c(=O)n2[nH]1)CN(C1CCCC1)CC3. The lowest BCUT2D eigenvalue weighted by Crippen LogP contribution is -2.41. The van der Waals surface area contributed by atoms with E-state index in [0.717, 1.165) is 42.8 Å². The van der Waals surface area contributed by atoms with Gasteiger partial charge in [0.05, 0.1) is 23.0 Å². The number of rotatable bonds is 4. The van der Waals surface area contributed by atoms with Crippen molar-refractivity contribution in [3.63, 3.8) is 0 Å². The van der Waals surface area contributed by atoms with Crippen molar-refractivity contribution < 1.29 is 8.42 Å². The van der Waals surface area contributed by atoms with Gasteiger partial charge in [-0.2, -0.15) is 17.0 Å². The molecule has 0 unspecified atom stereocenters. The third kappa shape index (κ3) is 3.21. The molecule has 0 aromatic carbocycles. The van der Waals surface area contributed by atoms with Gasteiger partial charge in [0.2, 0.25) is 0 Å². The van der Waals surface area contributed by atoms with Crippen molar-refractivity contribution in [2.75, 3.05) is 27.2 Å². The molecule has 3 aliphatic rings. The molecule has 0 amide bonds.